The molecule has 0 nitrogen and oxygen atoms in total. The molecule has 0 aliphatic heterocycles. The molecule has 0 radical (unpaired) electrons. The van der Waals surface area contributed by atoms with Crippen LogP contribution in [0.25, 0.3) is 0 Å². The van der Waals surface area contributed by atoms with Crippen LogP contribution < -0.4 is 0 Å². The van der Waals surface area contributed by atoms with Gasteiger partial charge in [0.25, 0.3) is 0 Å². The molecule has 1 aliphatic carbocycles. The lowest BCUT2D eigenvalue weighted by Gasteiger charge is -2.01. The van der Waals surface area contributed by atoms with E-state index < -0.39 is 0 Å². The van der Waals surface area contributed by atoms with E-state index in [0.717, 1.165) is 12.8 Å². The third-order valence-corrected chi connectivity index (χ3v) is 2.21. The lowest BCUT2D eigenvalue weighted by molar-refractivity contribution is 0.817. The Morgan fingerprint density at radius 2 is 2.21 bits per heavy atom. The minimum absolute atomic E-state index is 1.11. The zero-order chi connectivity index (χ0) is 10.1. The van der Waals surface area contributed by atoms with Gasteiger partial charge in [-0.15, -0.1) is 0 Å². The van der Waals surface area contributed by atoms with Gasteiger partial charge in [0.15, 0.2) is 0 Å². The summed E-state index contributed by atoms with van der Waals surface area (Å²) in [6, 6.07) is 0. The van der Waals surface area contributed by atoms with Gasteiger partial charge in [0.05, 0.1) is 0 Å². The van der Waals surface area contributed by atoms with E-state index >= 15 is 0 Å². The van der Waals surface area contributed by atoms with Gasteiger partial charge in [0.2, 0.25) is 0 Å². The van der Waals surface area contributed by atoms with E-state index in [2.05, 4.69) is 43.0 Å². The van der Waals surface area contributed by atoms with Crippen molar-refractivity contribution >= 4 is 0 Å². The summed E-state index contributed by atoms with van der Waals surface area (Å²) in [5, 5.41) is 0. The molecule has 0 spiro atoms. The molecule has 14 heavy (non-hydrogen) atoms. The Morgan fingerprint density at radius 3 is 3.07 bits per heavy atom. The van der Waals surface area contributed by atoms with Crippen LogP contribution in [0.3, 0.4) is 0 Å². The second-order valence-electron chi connectivity index (χ2n) is 3.40. The zero-order valence-electron chi connectivity index (χ0n) is 8.65. The number of allylic oxidation sites excluding steroid dienone is 9. The second-order valence-corrected chi connectivity index (χ2v) is 3.40. The Morgan fingerprint density at radius 1 is 1.29 bits per heavy atom. The van der Waals surface area contributed by atoms with Crippen LogP contribution in [0, 0.1) is 0 Å². The van der Waals surface area contributed by atoms with Crippen molar-refractivity contribution in [3.8, 4) is 0 Å². The Balaban J connectivity index is 2.21. The average Bonchev–Trinajstić information content (AvgIpc) is 2.46. The zero-order valence-corrected chi connectivity index (χ0v) is 8.65. The maximum Gasteiger partial charge on any atom is -0.0133 e. The first-order chi connectivity index (χ1) is 6.93. The molecule has 0 atom stereocenters. The summed E-state index contributed by atoms with van der Waals surface area (Å²) >= 11 is 0. The van der Waals surface area contributed by atoms with E-state index in [9.17, 15) is 0 Å². The summed E-state index contributed by atoms with van der Waals surface area (Å²) in [7, 11) is 0. The van der Waals surface area contributed by atoms with Gasteiger partial charge in [0.1, 0.15) is 0 Å². The first kappa shape index (κ1) is 10.8. The molecule has 0 aromatic heterocycles. The predicted molar refractivity (Wildman–Crippen MR) is 64.2 cm³/mol. The molecular formula is C14H18. The Hall–Kier alpha value is -1.30. The van der Waals surface area contributed by atoms with E-state index in [1.807, 2.05) is 12.2 Å². The lowest BCUT2D eigenvalue weighted by atomic mass is 10.1. The number of hydrogen-bond acceptors (Lipinski definition) is 0. The van der Waals surface area contributed by atoms with Gasteiger partial charge in [-0.2, -0.15) is 0 Å². The summed E-state index contributed by atoms with van der Waals surface area (Å²) in [4.78, 5) is 0. The Kier molecular flexibility index (Phi) is 5.49. The molecule has 0 amide bonds. The summed E-state index contributed by atoms with van der Waals surface area (Å²) in [6.45, 7) is 3.64. The van der Waals surface area contributed by atoms with E-state index in [1.165, 1.54) is 18.4 Å². The highest BCUT2D eigenvalue weighted by atomic mass is 14.0. The molecular weight excluding hydrogens is 168 g/mol. The van der Waals surface area contributed by atoms with Crippen molar-refractivity contribution in [1.82, 2.24) is 0 Å². The lowest BCUT2D eigenvalue weighted by Crippen LogP contribution is -1.81. The van der Waals surface area contributed by atoms with Gasteiger partial charge in [0, 0.05) is 0 Å². The maximum absolute atomic E-state index is 3.64. The van der Waals surface area contributed by atoms with E-state index in [4.69, 9.17) is 0 Å². The fourth-order valence-electron chi connectivity index (χ4n) is 1.45. The number of hydrogen-bond donors (Lipinski definition) is 0. The molecule has 0 heteroatoms. The molecule has 0 N–H and O–H groups in total. The van der Waals surface area contributed by atoms with Crippen molar-refractivity contribution in [3.63, 3.8) is 0 Å². The van der Waals surface area contributed by atoms with Gasteiger partial charge < -0.3 is 0 Å². The molecule has 1 rings (SSSR count). The highest BCUT2D eigenvalue weighted by Crippen LogP contribution is 2.14. The van der Waals surface area contributed by atoms with Gasteiger partial charge in [-0.05, 0) is 25.7 Å². The topological polar surface area (TPSA) is 0 Å². The van der Waals surface area contributed by atoms with E-state index in [1.54, 1.807) is 0 Å². The van der Waals surface area contributed by atoms with Gasteiger partial charge in [-0.3, -0.25) is 0 Å². The molecule has 0 unspecified atom stereocenters. The van der Waals surface area contributed by atoms with Crippen molar-refractivity contribution in [1.29, 1.82) is 0 Å². The van der Waals surface area contributed by atoms with Crippen LogP contribution in [0.4, 0.5) is 0 Å². The van der Waals surface area contributed by atoms with Crippen molar-refractivity contribution in [2.45, 2.75) is 25.7 Å². The summed E-state index contributed by atoms with van der Waals surface area (Å²) < 4.78 is 0. The summed E-state index contributed by atoms with van der Waals surface area (Å²) in [6.07, 6.45) is 21.5. The minimum Gasteiger partial charge on any atom is -0.0991 e. The average molecular weight is 186 g/mol. The minimum atomic E-state index is 1.11. The van der Waals surface area contributed by atoms with Crippen LogP contribution in [0.2, 0.25) is 0 Å². The third-order valence-electron chi connectivity index (χ3n) is 2.21. The van der Waals surface area contributed by atoms with E-state index in [0.29, 0.717) is 0 Å². The Bertz CT molecular complexity index is 274. The largest absolute Gasteiger partial charge is 0.0991 e. The highest BCUT2D eigenvalue weighted by Gasteiger charge is 1.94. The number of unbranched alkanes of at least 4 members (excludes halogenated alkanes) is 1. The van der Waals surface area contributed by atoms with Crippen LogP contribution in [0.15, 0.2) is 60.8 Å². The van der Waals surface area contributed by atoms with Gasteiger partial charge >= 0.3 is 0 Å². The standard InChI is InChI=1S/C14H18/c1-2-3-4-5-8-11-14-12-9-6-7-10-13-14/h2-4,6-7,9-10,12H,1,5,8,11,13H2/b4-3+. The molecule has 0 saturated heterocycles. The quantitative estimate of drug-likeness (QED) is 0.442. The van der Waals surface area contributed by atoms with Crippen molar-refractivity contribution < 1.29 is 0 Å². The molecule has 0 saturated carbocycles. The van der Waals surface area contributed by atoms with Crippen LogP contribution in [0.5, 0.6) is 0 Å². The third kappa shape index (κ3) is 4.66. The molecule has 0 fully saturated rings. The van der Waals surface area contributed by atoms with Crippen LogP contribution >= 0.6 is 0 Å². The molecule has 1 aliphatic rings. The van der Waals surface area contributed by atoms with Crippen molar-refractivity contribution in [3.05, 3.63) is 60.8 Å². The normalized spacial score (nSPS) is 15.6. The van der Waals surface area contributed by atoms with Crippen LogP contribution in [-0.4, -0.2) is 0 Å². The second kappa shape index (κ2) is 7.14. The Labute approximate surface area is 87.0 Å². The molecule has 0 heterocycles. The smallest absolute Gasteiger partial charge is 0.0133 e. The highest BCUT2D eigenvalue weighted by molar-refractivity contribution is 5.23. The maximum atomic E-state index is 3.64. The molecule has 0 aromatic rings. The summed E-state index contributed by atoms with van der Waals surface area (Å²) in [5.41, 5.74) is 1.53. The first-order valence-electron chi connectivity index (χ1n) is 5.22. The SMILES string of the molecule is C=C/C=C/CCCC1=CC=CC=CC1. The van der Waals surface area contributed by atoms with Gasteiger partial charge in [-0.1, -0.05) is 60.8 Å². The van der Waals surface area contributed by atoms with Crippen LogP contribution in [-0.2, 0) is 0 Å². The molecule has 0 aromatic carbocycles. The van der Waals surface area contributed by atoms with Gasteiger partial charge in [-0.25, -0.2) is 0 Å². The fraction of sp³-hybridized carbons (Fsp3) is 0.286. The fourth-order valence-corrected chi connectivity index (χ4v) is 1.45. The summed E-state index contributed by atoms with van der Waals surface area (Å²) in [5.74, 6) is 0. The molecule has 74 valence electrons. The molecule has 0 bridgehead atoms. The van der Waals surface area contributed by atoms with Crippen LogP contribution in [0.1, 0.15) is 25.7 Å². The predicted octanol–water partition coefficient (Wildman–Crippen LogP) is 4.34. The van der Waals surface area contributed by atoms with Crippen molar-refractivity contribution in [2.75, 3.05) is 0 Å². The first-order valence-corrected chi connectivity index (χ1v) is 5.22. The van der Waals surface area contributed by atoms with E-state index in [-0.39, 0.29) is 0 Å². The number of rotatable bonds is 5. The van der Waals surface area contributed by atoms with Crippen molar-refractivity contribution in [2.24, 2.45) is 0 Å². The monoisotopic (exact) mass is 186 g/mol.